The molecule has 0 bridgehead atoms. The Morgan fingerprint density at radius 3 is 2.29 bits per heavy atom. The van der Waals surface area contributed by atoms with Crippen molar-refractivity contribution in [1.29, 1.82) is 0 Å². The Hall–Kier alpha value is -3.19. The number of nitrogens with zero attached hydrogens (tertiary/aromatic N) is 4. The van der Waals surface area contributed by atoms with Gasteiger partial charge in [-0.1, -0.05) is 17.4 Å². The molecule has 2 aliphatic heterocycles. The Labute approximate surface area is 198 Å². The van der Waals surface area contributed by atoms with E-state index in [1.165, 1.54) is 18.2 Å². The lowest BCUT2D eigenvalue weighted by Gasteiger charge is -2.22. The predicted octanol–water partition coefficient (Wildman–Crippen LogP) is 4.43. The van der Waals surface area contributed by atoms with Crippen LogP contribution in [-0.4, -0.2) is 41.0 Å². The molecule has 13 heteroatoms. The van der Waals surface area contributed by atoms with Gasteiger partial charge in [-0.3, -0.25) is 19.8 Å². The summed E-state index contributed by atoms with van der Waals surface area (Å²) in [6.07, 6.45) is -4.85. The number of nitro groups is 1. The van der Waals surface area contributed by atoms with Crippen molar-refractivity contribution >= 4 is 32.2 Å². The number of alkyl halides is 3. The Balaban J connectivity index is 1.39. The monoisotopic (exact) mass is 512 g/mol. The first-order valence-electron chi connectivity index (χ1n) is 10.6. The molecule has 2 saturated heterocycles. The van der Waals surface area contributed by atoms with Crippen LogP contribution in [-0.2, 0) is 12.7 Å². The van der Waals surface area contributed by atoms with Crippen molar-refractivity contribution in [3.63, 3.8) is 0 Å². The third kappa shape index (κ3) is 4.33. The number of rotatable bonds is 4. The number of halogens is 5. The van der Waals surface area contributed by atoms with Crippen LogP contribution in [0.5, 0.6) is 0 Å². The van der Waals surface area contributed by atoms with Crippen LogP contribution >= 0.6 is 11.3 Å². The maximum atomic E-state index is 14.0. The number of anilines is 1. The third-order valence-corrected chi connectivity index (χ3v) is 7.66. The molecule has 0 aliphatic carbocycles. The number of non-ortho nitro benzene ring substituents is 1. The smallest absolute Gasteiger partial charge is 0.347 e. The van der Waals surface area contributed by atoms with Gasteiger partial charge in [0.15, 0.2) is 5.13 Å². The van der Waals surface area contributed by atoms with Gasteiger partial charge >= 0.3 is 6.18 Å². The largest absolute Gasteiger partial charge is 0.416 e. The molecule has 2 fully saturated rings. The molecule has 2 unspecified atom stereocenters. The molecule has 35 heavy (non-hydrogen) atoms. The zero-order chi connectivity index (χ0) is 25.1. The normalized spacial score (nSPS) is 20.5. The summed E-state index contributed by atoms with van der Waals surface area (Å²) in [4.78, 5) is 30.8. The summed E-state index contributed by atoms with van der Waals surface area (Å²) in [6, 6.07) is 4.75. The number of likely N-dealkylation sites (tertiary alicyclic amines) is 1. The number of hydrogen-bond acceptors (Lipinski definition) is 7. The topological polar surface area (TPSA) is 79.6 Å². The quantitative estimate of drug-likeness (QED) is 0.292. The zero-order valence-corrected chi connectivity index (χ0v) is 18.7. The number of nitro benzene ring substituents is 1. The fraction of sp³-hybridized carbons (Fsp3) is 0.364. The lowest BCUT2D eigenvalue weighted by atomic mass is 10.0. The number of fused-ring (bicyclic) bond motifs is 2. The fourth-order valence-corrected chi connectivity index (χ4v) is 5.94. The standard InChI is InChI=1S/C22H17F5N4O3S/c23-16-2-1-3-17(24)15(16)10-29-6-11-8-30(9-12(11)7-29)21-28-20(32)14-4-13(22(25,26)27)5-18(31(33)34)19(14)35-21/h1-5,11-12H,6-10H2. The summed E-state index contributed by atoms with van der Waals surface area (Å²) in [5.74, 6) is -0.979. The highest BCUT2D eigenvalue weighted by molar-refractivity contribution is 7.22. The Morgan fingerprint density at radius 1 is 1.09 bits per heavy atom. The van der Waals surface area contributed by atoms with Gasteiger partial charge < -0.3 is 4.90 Å². The van der Waals surface area contributed by atoms with E-state index >= 15 is 0 Å². The number of hydrogen-bond donors (Lipinski definition) is 0. The van der Waals surface area contributed by atoms with Crippen LogP contribution in [0.3, 0.4) is 0 Å². The van der Waals surface area contributed by atoms with Crippen LogP contribution < -0.4 is 10.5 Å². The highest BCUT2D eigenvalue weighted by atomic mass is 32.1. The van der Waals surface area contributed by atoms with Gasteiger partial charge in [-0.25, -0.2) is 8.78 Å². The Kier molecular flexibility index (Phi) is 5.71. The number of benzene rings is 2. The van der Waals surface area contributed by atoms with Gasteiger partial charge in [-0.2, -0.15) is 18.2 Å². The molecule has 0 radical (unpaired) electrons. The highest BCUT2D eigenvalue weighted by Crippen LogP contribution is 2.40. The van der Waals surface area contributed by atoms with Gasteiger partial charge in [0.25, 0.3) is 11.2 Å². The van der Waals surface area contributed by atoms with E-state index in [2.05, 4.69) is 4.98 Å². The SMILES string of the molecule is O=c1nc(N2CC3CN(Cc4c(F)cccc4F)CC3C2)sc2c([N+](=O)[O-])cc(C(F)(F)F)cc12. The lowest BCUT2D eigenvalue weighted by Crippen LogP contribution is -2.30. The van der Waals surface area contributed by atoms with Crippen molar-refractivity contribution in [3.05, 3.63) is 73.6 Å². The molecule has 2 aromatic carbocycles. The third-order valence-electron chi connectivity index (χ3n) is 6.49. The van der Waals surface area contributed by atoms with Crippen molar-refractivity contribution in [1.82, 2.24) is 9.88 Å². The summed E-state index contributed by atoms with van der Waals surface area (Å²) >= 11 is 0.812. The van der Waals surface area contributed by atoms with Crippen LogP contribution in [0.1, 0.15) is 11.1 Å². The molecule has 2 atom stereocenters. The van der Waals surface area contributed by atoms with Crippen LogP contribution in [0.25, 0.3) is 10.1 Å². The van der Waals surface area contributed by atoms with Crippen molar-refractivity contribution in [2.75, 3.05) is 31.1 Å². The van der Waals surface area contributed by atoms with Crippen molar-refractivity contribution in [2.24, 2.45) is 11.8 Å². The lowest BCUT2D eigenvalue weighted by molar-refractivity contribution is -0.383. The van der Waals surface area contributed by atoms with Crippen LogP contribution in [0.2, 0.25) is 0 Å². The molecule has 3 heterocycles. The van der Waals surface area contributed by atoms with Crippen molar-refractivity contribution < 1.29 is 26.9 Å². The van der Waals surface area contributed by atoms with Gasteiger partial charge in [0.2, 0.25) is 0 Å². The number of aromatic nitrogens is 1. The van der Waals surface area contributed by atoms with E-state index < -0.39 is 44.9 Å². The van der Waals surface area contributed by atoms with Gasteiger partial charge in [0, 0.05) is 44.4 Å². The van der Waals surface area contributed by atoms with Crippen LogP contribution in [0.15, 0.2) is 35.1 Å². The van der Waals surface area contributed by atoms with E-state index in [0.29, 0.717) is 38.3 Å². The molecule has 2 aliphatic rings. The molecule has 7 nitrogen and oxygen atoms in total. The highest BCUT2D eigenvalue weighted by Gasteiger charge is 2.41. The molecule has 0 saturated carbocycles. The second-order valence-corrected chi connectivity index (χ2v) is 9.73. The molecule has 0 spiro atoms. The predicted molar refractivity (Wildman–Crippen MR) is 118 cm³/mol. The van der Waals surface area contributed by atoms with E-state index in [1.807, 2.05) is 4.90 Å². The molecule has 0 N–H and O–H groups in total. The van der Waals surface area contributed by atoms with Gasteiger partial charge in [-0.15, -0.1) is 0 Å². The summed E-state index contributed by atoms with van der Waals surface area (Å²) in [5, 5.41) is 11.2. The zero-order valence-electron chi connectivity index (χ0n) is 17.9. The minimum absolute atomic E-state index is 0.00396. The maximum Gasteiger partial charge on any atom is 0.416 e. The summed E-state index contributed by atoms with van der Waals surface area (Å²) in [6.45, 7) is 2.17. The first-order chi connectivity index (χ1) is 16.5. The molecule has 1 aromatic heterocycles. The molecular formula is C22H17F5N4O3S. The molecule has 3 aromatic rings. The van der Waals surface area contributed by atoms with Gasteiger partial charge in [0.1, 0.15) is 16.3 Å². The second-order valence-electron chi connectivity index (χ2n) is 8.75. The van der Waals surface area contributed by atoms with Crippen LogP contribution in [0.4, 0.5) is 32.8 Å². The summed E-state index contributed by atoms with van der Waals surface area (Å²) in [7, 11) is 0. The summed E-state index contributed by atoms with van der Waals surface area (Å²) < 4.78 is 67.3. The molecule has 184 valence electrons. The van der Waals surface area contributed by atoms with E-state index in [9.17, 15) is 36.9 Å². The average molecular weight is 512 g/mol. The Bertz CT molecular complexity index is 1360. The maximum absolute atomic E-state index is 14.0. The minimum atomic E-state index is -4.85. The first-order valence-corrected chi connectivity index (χ1v) is 11.4. The van der Waals surface area contributed by atoms with Crippen molar-refractivity contribution in [3.8, 4) is 0 Å². The fourth-order valence-electron chi connectivity index (χ4n) is 4.86. The first kappa shape index (κ1) is 23.5. The van der Waals surface area contributed by atoms with Crippen molar-refractivity contribution in [2.45, 2.75) is 12.7 Å². The van der Waals surface area contributed by atoms with Gasteiger partial charge in [0.05, 0.1) is 15.9 Å². The minimum Gasteiger partial charge on any atom is -0.347 e. The van der Waals surface area contributed by atoms with E-state index in [-0.39, 0.29) is 33.8 Å². The Morgan fingerprint density at radius 2 is 1.71 bits per heavy atom. The average Bonchev–Trinajstić information content (AvgIpc) is 3.34. The second kappa shape index (κ2) is 8.48. The molecule has 5 rings (SSSR count). The summed E-state index contributed by atoms with van der Waals surface area (Å²) in [5.41, 5.74) is -3.03. The van der Waals surface area contributed by atoms with E-state index in [4.69, 9.17) is 0 Å². The van der Waals surface area contributed by atoms with E-state index in [0.717, 1.165) is 11.3 Å². The van der Waals surface area contributed by atoms with Gasteiger partial charge in [-0.05, 0) is 30.0 Å². The van der Waals surface area contributed by atoms with Crippen LogP contribution in [0, 0.1) is 33.6 Å². The molecular weight excluding hydrogens is 495 g/mol. The molecule has 0 amide bonds. The van der Waals surface area contributed by atoms with E-state index in [1.54, 1.807) is 4.90 Å².